The zero-order valence-electron chi connectivity index (χ0n) is 17.4. The fourth-order valence-electron chi connectivity index (χ4n) is 2.07. The monoisotopic (exact) mass is 436 g/mol. The van der Waals surface area contributed by atoms with Crippen molar-refractivity contribution >= 4 is 23.7 Å². The molecule has 0 aliphatic carbocycles. The molecule has 30 heavy (non-hydrogen) atoms. The Morgan fingerprint density at radius 1 is 1.00 bits per heavy atom. The van der Waals surface area contributed by atoms with E-state index in [0.29, 0.717) is 19.8 Å². The van der Waals surface area contributed by atoms with Gasteiger partial charge in [-0.15, -0.1) is 0 Å². The summed E-state index contributed by atoms with van der Waals surface area (Å²) in [5, 5.41) is 26.0. The Morgan fingerprint density at radius 2 is 1.60 bits per heavy atom. The van der Waals surface area contributed by atoms with Crippen molar-refractivity contribution in [1.82, 2.24) is 16.0 Å². The lowest BCUT2D eigenvalue weighted by Crippen LogP contribution is -2.57. The summed E-state index contributed by atoms with van der Waals surface area (Å²) in [6.45, 7) is 3.96. The van der Waals surface area contributed by atoms with Gasteiger partial charge in [0.1, 0.15) is 18.9 Å². The summed E-state index contributed by atoms with van der Waals surface area (Å²) in [7, 11) is 1.55. The Kier molecular flexibility index (Phi) is 14.3. The summed E-state index contributed by atoms with van der Waals surface area (Å²) in [6.07, 6.45) is -2.08. The molecule has 0 bridgehead atoms. The molecule has 0 saturated heterocycles. The van der Waals surface area contributed by atoms with Crippen LogP contribution in [0.1, 0.15) is 20.3 Å². The zero-order valence-corrected chi connectivity index (χ0v) is 17.4. The molecular formula is C17H32N4O9. The number of carbonyl (C=O) groups is 4. The maximum absolute atomic E-state index is 12.1. The molecule has 0 fully saturated rings. The van der Waals surface area contributed by atoms with Gasteiger partial charge in [0.05, 0.1) is 44.9 Å². The van der Waals surface area contributed by atoms with Crippen LogP contribution in [0.5, 0.6) is 0 Å². The third-order valence-corrected chi connectivity index (χ3v) is 3.75. The van der Waals surface area contributed by atoms with Crippen LogP contribution in [-0.2, 0) is 33.4 Å². The predicted octanol–water partition coefficient (Wildman–Crippen LogP) is -3.09. The molecule has 0 aromatic heterocycles. The lowest BCUT2D eigenvalue weighted by atomic mass is 10.1. The van der Waals surface area contributed by atoms with E-state index < -0.39 is 54.5 Å². The van der Waals surface area contributed by atoms with Crippen LogP contribution in [0.25, 0.3) is 0 Å². The summed E-state index contributed by atoms with van der Waals surface area (Å²) in [4.78, 5) is 45.9. The number of amides is 3. The van der Waals surface area contributed by atoms with Crippen LogP contribution in [0.3, 0.4) is 0 Å². The van der Waals surface area contributed by atoms with Gasteiger partial charge in [-0.05, 0) is 13.8 Å². The van der Waals surface area contributed by atoms with E-state index in [1.165, 1.54) is 13.8 Å². The summed E-state index contributed by atoms with van der Waals surface area (Å²) >= 11 is 0. The van der Waals surface area contributed by atoms with Gasteiger partial charge >= 0.3 is 5.97 Å². The van der Waals surface area contributed by atoms with E-state index >= 15 is 0 Å². The van der Waals surface area contributed by atoms with Gasteiger partial charge in [0, 0.05) is 7.11 Å². The van der Waals surface area contributed by atoms with Gasteiger partial charge in [0.2, 0.25) is 17.7 Å². The molecule has 174 valence electrons. The van der Waals surface area contributed by atoms with Gasteiger partial charge in [0.15, 0.2) is 0 Å². The highest BCUT2D eigenvalue weighted by Crippen LogP contribution is 1.98. The first kappa shape index (κ1) is 27.7. The van der Waals surface area contributed by atoms with E-state index in [1.54, 1.807) is 7.11 Å². The molecule has 0 rings (SSSR count). The number of carbonyl (C=O) groups excluding carboxylic acids is 3. The summed E-state index contributed by atoms with van der Waals surface area (Å²) in [5.41, 5.74) is 5.08. The first-order valence-corrected chi connectivity index (χ1v) is 9.27. The van der Waals surface area contributed by atoms with E-state index in [2.05, 4.69) is 16.0 Å². The molecule has 0 spiro atoms. The second-order valence-electron chi connectivity index (χ2n) is 6.41. The van der Waals surface area contributed by atoms with Crippen LogP contribution < -0.4 is 21.7 Å². The van der Waals surface area contributed by atoms with Crippen molar-refractivity contribution in [2.24, 2.45) is 5.73 Å². The maximum atomic E-state index is 12.1. The van der Waals surface area contributed by atoms with Gasteiger partial charge in [0.25, 0.3) is 0 Å². The largest absolute Gasteiger partial charge is 0.481 e. The smallest absolute Gasteiger partial charge is 0.305 e. The molecule has 0 aliphatic rings. The van der Waals surface area contributed by atoms with Crippen molar-refractivity contribution in [3.63, 3.8) is 0 Å². The second kappa shape index (κ2) is 15.5. The highest BCUT2D eigenvalue weighted by molar-refractivity contribution is 5.88. The first-order valence-electron chi connectivity index (χ1n) is 9.27. The number of carboxylic acids is 1. The first-order chi connectivity index (χ1) is 14.1. The second-order valence-corrected chi connectivity index (χ2v) is 6.41. The van der Waals surface area contributed by atoms with E-state index in [1.807, 2.05) is 0 Å². The summed E-state index contributed by atoms with van der Waals surface area (Å²) in [6, 6.07) is -3.16. The van der Waals surface area contributed by atoms with Crippen LogP contribution in [0.15, 0.2) is 0 Å². The fourth-order valence-corrected chi connectivity index (χ4v) is 2.07. The topological polar surface area (TPSA) is 199 Å². The van der Waals surface area contributed by atoms with Crippen molar-refractivity contribution < 1.29 is 43.6 Å². The van der Waals surface area contributed by atoms with E-state index in [4.69, 9.17) is 25.1 Å². The number of ether oxygens (including phenoxy) is 3. The van der Waals surface area contributed by atoms with Crippen LogP contribution in [0, 0.1) is 0 Å². The van der Waals surface area contributed by atoms with Crippen LogP contribution in [0.4, 0.5) is 0 Å². The molecule has 1 unspecified atom stereocenters. The maximum Gasteiger partial charge on any atom is 0.305 e. The number of hydrogen-bond donors (Lipinski definition) is 6. The van der Waals surface area contributed by atoms with Crippen molar-refractivity contribution in [3.8, 4) is 0 Å². The quantitative estimate of drug-likeness (QED) is 0.100. The number of aliphatic hydroxyl groups is 1. The number of carboxylic acid groups (broad SMARTS) is 1. The summed E-state index contributed by atoms with van der Waals surface area (Å²) in [5.74, 6) is -3.36. The average Bonchev–Trinajstić information content (AvgIpc) is 2.65. The molecule has 3 amide bonds. The highest BCUT2D eigenvalue weighted by Gasteiger charge is 2.26. The number of nitrogens with one attached hydrogen (secondary N) is 3. The lowest BCUT2D eigenvalue weighted by Gasteiger charge is -2.26. The Balaban J connectivity index is 4.26. The number of methoxy groups -OCH3 is 1. The highest BCUT2D eigenvalue weighted by atomic mass is 16.5. The predicted molar refractivity (Wildman–Crippen MR) is 103 cm³/mol. The average molecular weight is 436 g/mol. The van der Waals surface area contributed by atoms with Crippen LogP contribution in [-0.4, -0.2) is 98.4 Å². The van der Waals surface area contributed by atoms with Crippen molar-refractivity contribution in [1.29, 1.82) is 0 Å². The molecule has 0 aromatic carbocycles. The number of aliphatic hydroxyl groups excluding tert-OH is 1. The molecule has 13 heteroatoms. The zero-order chi connectivity index (χ0) is 23.1. The molecular weight excluding hydrogens is 404 g/mol. The molecule has 7 N–H and O–H groups in total. The number of hydrogen-bond acceptors (Lipinski definition) is 9. The third-order valence-electron chi connectivity index (χ3n) is 3.75. The molecule has 0 saturated carbocycles. The number of aliphatic carboxylic acids is 1. The Hall–Kier alpha value is -2.32. The molecule has 0 aliphatic heterocycles. The Morgan fingerprint density at radius 3 is 2.17 bits per heavy atom. The SMILES string of the molecule is COCCOCCOCC(=O)N[C@@H](C)C(=O)N[C@@H](C)C(O)N[C@@H](CC(=O)O)C(N)=O. The van der Waals surface area contributed by atoms with Crippen molar-refractivity contribution in [2.45, 2.75) is 44.6 Å². The molecule has 4 atom stereocenters. The minimum Gasteiger partial charge on any atom is -0.481 e. The molecule has 0 aromatic rings. The van der Waals surface area contributed by atoms with Crippen molar-refractivity contribution in [2.75, 3.05) is 40.1 Å². The number of rotatable bonds is 17. The standard InChI is InChI=1S/C17H32N4O9/c1-10(19-13(22)9-30-7-6-29-5-4-28-3)16(26)20-11(2)17(27)21-12(15(18)25)8-14(23)24/h10-12,17,21,27H,4-9H2,1-3H3,(H2,18,25)(H,19,22)(H,20,26)(H,23,24)/t10-,11-,12-,17?/m0/s1. The van der Waals surface area contributed by atoms with Gasteiger partial charge in [-0.25, -0.2) is 0 Å². The summed E-state index contributed by atoms with van der Waals surface area (Å²) < 4.78 is 15.1. The lowest BCUT2D eigenvalue weighted by molar-refractivity contribution is -0.140. The normalized spacial score (nSPS) is 14.9. The number of nitrogens with two attached hydrogens (primary N) is 1. The van der Waals surface area contributed by atoms with E-state index in [0.717, 1.165) is 0 Å². The van der Waals surface area contributed by atoms with E-state index in [-0.39, 0.29) is 13.2 Å². The third kappa shape index (κ3) is 13.0. The molecule has 0 heterocycles. The van der Waals surface area contributed by atoms with Crippen LogP contribution in [0.2, 0.25) is 0 Å². The van der Waals surface area contributed by atoms with Gasteiger partial charge in [-0.1, -0.05) is 0 Å². The minimum absolute atomic E-state index is 0.198. The van der Waals surface area contributed by atoms with Crippen molar-refractivity contribution in [3.05, 3.63) is 0 Å². The fraction of sp³-hybridized carbons (Fsp3) is 0.765. The minimum atomic E-state index is -1.45. The molecule has 0 radical (unpaired) electrons. The van der Waals surface area contributed by atoms with Gasteiger partial charge < -0.3 is 40.8 Å². The van der Waals surface area contributed by atoms with Gasteiger partial charge in [-0.2, -0.15) is 0 Å². The van der Waals surface area contributed by atoms with E-state index in [9.17, 15) is 24.3 Å². The Bertz CT molecular complexity index is 561. The Labute approximate surface area is 174 Å². The van der Waals surface area contributed by atoms with Crippen LogP contribution >= 0.6 is 0 Å². The van der Waals surface area contributed by atoms with Gasteiger partial charge in [-0.3, -0.25) is 24.5 Å². The number of primary amides is 1. The molecule has 13 nitrogen and oxygen atoms in total.